The van der Waals surface area contributed by atoms with Gasteiger partial charge in [-0.15, -0.1) is 11.3 Å². The summed E-state index contributed by atoms with van der Waals surface area (Å²) < 4.78 is 0. The first-order chi connectivity index (χ1) is 8.19. The van der Waals surface area contributed by atoms with Crippen LogP contribution in [0.1, 0.15) is 20.9 Å². The van der Waals surface area contributed by atoms with E-state index in [1.807, 2.05) is 0 Å². The van der Waals surface area contributed by atoms with Gasteiger partial charge < -0.3 is 5.32 Å². The predicted molar refractivity (Wildman–Crippen MR) is 70.1 cm³/mol. The van der Waals surface area contributed by atoms with Crippen molar-refractivity contribution >= 4 is 17.2 Å². The minimum absolute atomic E-state index is 0.626. The molecule has 0 bridgehead atoms. The highest BCUT2D eigenvalue weighted by molar-refractivity contribution is 7.12. The molecule has 0 fully saturated rings. The average Bonchev–Trinajstić information content (AvgIpc) is 2.67. The molecule has 0 spiro atoms. The Kier molecular flexibility index (Phi) is 3.40. The van der Waals surface area contributed by atoms with Crippen LogP contribution in [0, 0.1) is 25.2 Å². The highest BCUT2D eigenvalue weighted by Gasteiger charge is 2.02. The van der Waals surface area contributed by atoms with Crippen molar-refractivity contribution in [2.75, 3.05) is 5.32 Å². The number of aromatic nitrogens is 1. The fraction of sp³-hybridized carbons (Fsp3) is 0.231. The normalized spacial score (nSPS) is 9.94. The van der Waals surface area contributed by atoms with E-state index in [4.69, 9.17) is 5.26 Å². The van der Waals surface area contributed by atoms with Crippen molar-refractivity contribution < 1.29 is 0 Å². The van der Waals surface area contributed by atoms with Crippen LogP contribution in [0.2, 0.25) is 0 Å². The Bertz CT molecular complexity index is 547. The van der Waals surface area contributed by atoms with Crippen LogP contribution in [-0.4, -0.2) is 4.98 Å². The van der Waals surface area contributed by atoms with E-state index < -0.39 is 0 Å². The molecule has 0 aliphatic carbocycles. The first-order valence-corrected chi connectivity index (χ1v) is 6.16. The molecular weight excluding hydrogens is 230 g/mol. The Morgan fingerprint density at radius 1 is 1.41 bits per heavy atom. The van der Waals surface area contributed by atoms with Gasteiger partial charge in [-0.05, 0) is 37.6 Å². The number of hydrogen-bond donors (Lipinski definition) is 1. The van der Waals surface area contributed by atoms with Gasteiger partial charge in [-0.1, -0.05) is 0 Å². The third-order valence-electron chi connectivity index (χ3n) is 2.55. The Hall–Kier alpha value is -1.86. The molecule has 17 heavy (non-hydrogen) atoms. The Morgan fingerprint density at radius 3 is 2.88 bits per heavy atom. The lowest BCUT2D eigenvalue weighted by molar-refractivity contribution is 1.14. The molecule has 0 aliphatic rings. The van der Waals surface area contributed by atoms with Crippen molar-refractivity contribution in [1.82, 2.24) is 4.98 Å². The van der Waals surface area contributed by atoms with Crippen LogP contribution in [-0.2, 0) is 6.54 Å². The fourth-order valence-corrected chi connectivity index (χ4v) is 2.50. The van der Waals surface area contributed by atoms with Gasteiger partial charge in [-0.2, -0.15) is 5.26 Å². The summed E-state index contributed by atoms with van der Waals surface area (Å²) in [6.45, 7) is 4.99. The van der Waals surface area contributed by atoms with Crippen molar-refractivity contribution in [3.8, 4) is 6.07 Å². The molecule has 0 unspecified atom stereocenters. The van der Waals surface area contributed by atoms with Crippen molar-refractivity contribution in [3.63, 3.8) is 0 Å². The molecule has 0 aliphatic heterocycles. The fourth-order valence-electron chi connectivity index (χ4n) is 1.51. The van der Waals surface area contributed by atoms with E-state index in [9.17, 15) is 0 Å². The monoisotopic (exact) mass is 243 g/mol. The molecule has 2 aromatic heterocycles. The molecule has 3 nitrogen and oxygen atoms in total. The number of rotatable bonds is 3. The Balaban J connectivity index is 2.05. The second-order valence-electron chi connectivity index (χ2n) is 3.85. The summed E-state index contributed by atoms with van der Waals surface area (Å²) in [5.74, 6) is 0.743. The SMILES string of the molecule is Cc1cc(CNc2cc(C#N)ccn2)sc1C. The minimum Gasteiger partial charge on any atom is -0.365 e. The van der Waals surface area contributed by atoms with Crippen molar-refractivity contribution in [3.05, 3.63) is 45.3 Å². The summed E-state index contributed by atoms with van der Waals surface area (Å²) in [7, 11) is 0. The molecule has 4 heteroatoms. The largest absolute Gasteiger partial charge is 0.365 e. The van der Waals surface area contributed by atoms with Crippen LogP contribution >= 0.6 is 11.3 Å². The number of thiophene rings is 1. The molecule has 2 rings (SSSR count). The standard InChI is InChI=1S/C13H13N3S/c1-9-5-12(17-10(9)2)8-16-13-6-11(7-14)3-4-15-13/h3-6H,8H2,1-2H3,(H,15,16). The Morgan fingerprint density at radius 2 is 2.24 bits per heavy atom. The van der Waals surface area contributed by atoms with Crippen molar-refractivity contribution in [1.29, 1.82) is 5.26 Å². The van der Waals surface area contributed by atoms with Gasteiger partial charge in [-0.3, -0.25) is 0 Å². The lowest BCUT2D eigenvalue weighted by Crippen LogP contribution is -1.99. The second kappa shape index (κ2) is 4.98. The zero-order chi connectivity index (χ0) is 12.3. The molecule has 86 valence electrons. The molecule has 1 N–H and O–H groups in total. The zero-order valence-electron chi connectivity index (χ0n) is 9.82. The zero-order valence-corrected chi connectivity index (χ0v) is 10.6. The third-order valence-corrected chi connectivity index (χ3v) is 3.70. The number of nitriles is 1. The van der Waals surface area contributed by atoms with E-state index in [0.29, 0.717) is 5.56 Å². The summed E-state index contributed by atoms with van der Waals surface area (Å²) in [5, 5.41) is 12.0. The van der Waals surface area contributed by atoms with Gasteiger partial charge in [0.2, 0.25) is 0 Å². The van der Waals surface area contributed by atoms with E-state index in [1.54, 1.807) is 29.7 Å². The van der Waals surface area contributed by atoms with Crippen LogP contribution in [0.3, 0.4) is 0 Å². The second-order valence-corrected chi connectivity index (χ2v) is 5.19. The van der Waals surface area contributed by atoms with E-state index in [1.165, 1.54) is 15.3 Å². The first kappa shape index (κ1) is 11.6. The Labute approximate surface area is 105 Å². The molecule has 2 aromatic rings. The van der Waals surface area contributed by atoms with Gasteiger partial charge >= 0.3 is 0 Å². The number of anilines is 1. The number of pyridine rings is 1. The number of aryl methyl sites for hydroxylation is 2. The van der Waals surface area contributed by atoms with Crippen molar-refractivity contribution in [2.45, 2.75) is 20.4 Å². The first-order valence-electron chi connectivity index (χ1n) is 5.35. The maximum atomic E-state index is 8.78. The van der Waals surface area contributed by atoms with Gasteiger partial charge in [0, 0.05) is 16.0 Å². The molecule has 0 aromatic carbocycles. The average molecular weight is 243 g/mol. The van der Waals surface area contributed by atoms with E-state index in [2.05, 4.69) is 36.3 Å². The van der Waals surface area contributed by atoms with E-state index in [-0.39, 0.29) is 0 Å². The third kappa shape index (κ3) is 2.83. The van der Waals surface area contributed by atoms with Gasteiger partial charge in [0.25, 0.3) is 0 Å². The molecular formula is C13H13N3S. The lowest BCUT2D eigenvalue weighted by Gasteiger charge is -2.03. The number of hydrogen-bond acceptors (Lipinski definition) is 4. The maximum absolute atomic E-state index is 8.78. The topological polar surface area (TPSA) is 48.7 Å². The highest BCUT2D eigenvalue weighted by atomic mass is 32.1. The lowest BCUT2D eigenvalue weighted by atomic mass is 10.3. The highest BCUT2D eigenvalue weighted by Crippen LogP contribution is 2.21. The molecule has 0 atom stereocenters. The summed E-state index contributed by atoms with van der Waals surface area (Å²) in [4.78, 5) is 6.80. The quantitative estimate of drug-likeness (QED) is 0.900. The molecule has 2 heterocycles. The van der Waals surface area contributed by atoms with Gasteiger partial charge in [-0.25, -0.2) is 4.98 Å². The number of nitrogens with one attached hydrogen (secondary N) is 1. The summed E-state index contributed by atoms with van der Waals surface area (Å²) in [6.07, 6.45) is 1.64. The van der Waals surface area contributed by atoms with Crippen LogP contribution < -0.4 is 5.32 Å². The predicted octanol–water partition coefficient (Wildman–Crippen LogP) is 3.24. The van der Waals surface area contributed by atoms with Crippen LogP contribution in [0.5, 0.6) is 0 Å². The summed E-state index contributed by atoms with van der Waals surface area (Å²) >= 11 is 1.79. The van der Waals surface area contributed by atoms with Gasteiger partial charge in [0.15, 0.2) is 0 Å². The molecule has 0 saturated heterocycles. The molecule has 0 radical (unpaired) electrons. The summed E-state index contributed by atoms with van der Waals surface area (Å²) in [6, 6.07) is 7.74. The molecule has 0 amide bonds. The smallest absolute Gasteiger partial charge is 0.127 e. The van der Waals surface area contributed by atoms with Gasteiger partial charge in [0.1, 0.15) is 5.82 Å². The van der Waals surface area contributed by atoms with Crippen LogP contribution in [0.25, 0.3) is 0 Å². The van der Waals surface area contributed by atoms with Crippen LogP contribution in [0.4, 0.5) is 5.82 Å². The summed E-state index contributed by atoms with van der Waals surface area (Å²) in [5.41, 5.74) is 1.95. The van der Waals surface area contributed by atoms with E-state index in [0.717, 1.165) is 12.4 Å². The van der Waals surface area contributed by atoms with Gasteiger partial charge in [0.05, 0.1) is 18.2 Å². The maximum Gasteiger partial charge on any atom is 0.127 e. The number of nitrogens with zero attached hydrogens (tertiary/aromatic N) is 2. The minimum atomic E-state index is 0.626. The molecule has 0 saturated carbocycles. The van der Waals surface area contributed by atoms with E-state index >= 15 is 0 Å². The van der Waals surface area contributed by atoms with Crippen molar-refractivity contribution in [2.24, 2.45) is 0 Å². The van der Waals surface area contributed by atoms with Crippen LogP contribution in [0.15, 0.2) is 24.4 Å².